The Bertz CT molecular complexity index is 1520. The first-order valence-electron chi connectivity index (χ1n) is 15.4. The molecule has 0 unspecified atom stereocenters. The van der Waals surface area contributed by atoms with Crippen LogP contribution in [0.1, 0.15) is 56.7 Å². The molecule has 0 fully saturated rings. The third kappa shape index (κ3) is 12.5. The van der Waals surface area contributed by atoms with E-state index in [0.29, 0.717) is 0 Å². The van der Waals surface area contributed by atoms with Gasteiger partial charge < -0.3 is 26.6 Å². The molecule has 3 aromatic rings. The first kappa shape index (κ1) is 36.0. The summed E-state index contributed by atoms with van der Waals surface area (Å²) in [5, 5.41) is 15.9. The zero-order valence-corrected chi connectivity index (χ0v) is 27.6. The lowest BCUT2D eigenvalue weighted by molar-refractivity contribution is -0.133. The van der Waals surface area contributed by atoms with Crippen molar-refractivity contribution >= 4 is 51.9 Å². The van der Waals surface area contributed by atoms with Crippen molar-refractivity contribution in [3.05, 3.63) is 83.4 Å². The maximum absolute atomic E-state index is 13.7. The SMILES string of the molecule is Cc1ccc(CNC(=O)[C@H](Cc2ccc3ccccc3c2)NC(=O)[C@H](CCC(=O)NC(C)(C)C)NC(=O)CCNC(=O)CCl)cc1. The van der Waals surface area contributed by atoms with E-state index in [9.17, 15) is 24.0 Å². The molecule has 11 heteroatoms. The number of hydrogen-bond acceptors (Lipinski definition) is 5. The van der Waals surface area contributed by atoms with Gasteiger partial charge in [0.1, 0.15) is 18.0 Å². The third-order valence-electron chi connectivity index (χ3n) is 7.10. The monoisotopic (exact) mass is 649 g/mol. The number of carbonyl (C=O) groups is 5. The molecule has 46 heavy (non-hydrogen) atoms. The van der Waals surface area contributed by atoms with Gasteiger partial charge in [-0.15, -0.1) is 11.6 Å². The molecule has 5 N–H and O–H groups in total. The van der Waals surface area contributed by atoms with Crippen molar-refractivity contribution in [3.63, 3.8) is 0 Å². The molecule has 0 saturated carbocycles. The van der Waals surface area contributed by atoms with Crippen LogP contribution in [0.5, 0.6) is 0 Å². The van der Waals surface area contributed by atoms with Crippen molar-refractivity contribution in [2.45, 2.75) is 77.5 Å². The number of hydrogen-bond donors (Lipinski definition) is 5. The van der Waals surface area contributed by atoms with E-state index in [2.05, 4.69) is 26.6 Å². The van der Waals surface area contributed by atoms with Gasteiger partial charge >= 0.3 is 0 Å². The van der Waals surface area contributed by atoms with E-state index in [4.69, 9.17) is 11.6 Å². The molecule has 0 bridgehead atoms. The number of alkyl halides is 1. The molecular formula is C35H44ClN5O5. The minimum atomic E-state index is -1.11. The van der Waals surface area contributed by atoms with Gasteiger partial charge in [-0.1, -0.05) is 72.3 Å². The number of rotatable bonds is 15. The molecule has 0 heterocycles. The van der Waals surface area contributed by atoms with Crippen LogP contribution in [-0.2, 0) is 36.9 Å². The van der Waals surface area contributed by atoms with Gasteiger partial charge in [0.05, 0.1) is 0 Å². The zero-order chi connectivity index (χ0) is 33.7. The van der Waals surface area contributed by atoms with Crippen molar-refractivity contribution in [2.75, 3.05) is 12.4 Å². The lowest BCUT2D eigenvalue weighted by Crippen LogP contribution is -2.54. The number of carbonyl (C=O) groups excluding carboxylic acids is 5. The van der Waals surface area contributed by atoms with E-state index in [0.717, 1.165) is 27.5 Å². The predicted octanol–water partition coefficient (Wildman–Crippen LogP) is 3.42. The van der Waals surface area contributed by atoms with Crippen LogP contribution in [0.3, 0.4) is 0 Å². The Hall–Kier alpha value is -4.44. The number of amides is 5. The van der Waals surface area contributed by atoms with Gasteiger partial charge in [-0.25, -0.2) is 0 Å². The summed E-state index contributed by atoms with van der Waals surface area (Å²) in [6.07, 6.45) is 0.0683. The number of nitrogens with one attached hydrogen (secondary N) is 5. The van der Waals surface area contributed by atoms with E-state index >= 15 is 0 Å². The molecule has 10 nitrogen and oxygen atoms in total. The van der Waals surface area contributed by atoms with Gasteiger partial charge in [-0.05, 0) is 56.0 Å². The van der Waals surface area contributed by atoms with Crippen LogP contribution < -0.4 is 26.6 Å². The van der Waals surface area contributed by atoms with Gasteiger partial charge in [-0.2, -0.15) is 0 Å². The normalized spacial score (nSPS) is 12.5. The fourth-order valence-electron chi connectivity index (χ4n) is 4.76. The Morgan fingerprint density at radius 3 is 2.07 bits per heavy atom. The van der Waals surface area contributed by atoms with Crippen LogP contribution in [0.15, 0.2) is 66.7 Å². The fraction of sp³-hybridized carbons (Fsp3) is 0.400. The molecular weight excluding hydrogens is 606 g/mol. The van der Waals surface area contributed by atoms with Crippen molar-refractivity contribution in [1.82, 2.24) is 26.6 Å². The highest BCUT2D eigenvalue weighted by Gasteiger charge is 2.28. The topological polar surface area (TPSA) is 146 Å². The van der Waals surface area contributed by atoms with Crippen LogP contribution in [-0.4, -0.2) is 59.6 Å². The lowest BCUT2D eigenvalue weighted by Gasteiger charge is -2.24. The molecule has 2 atom stereocenters. The molecule has 0 aliphatic carbocycles. The number of benzene rings is 3. The summed E-state index contributed by atoms with van der Waals surface area (Å²) >= 11 is 5.50. The smallest absolute Gasteiger partial charge is 0.243 e. The number of halogens is 1. The van der Waals surface area contributed by atoms with E-state index in [1.54, 1.807) is 0 Å². The second-order valence-corrected chi connectivity index (χ2v) is 12.6. The van der Waals surface area contributed by atoms with Crippen LogP contribution in [0, 0.1) is 6.92 Å². The maximum Gasteiger partial charge on any atom is 0.243 e. The zero-order valence-electron chi connectivity index (χ0n) is 26.9. The molecule has 246 valence electrons. The number of fused-ring (bicyclic) bond motifs is 1. The summed E-state index contributed by atoms with van der Waals surface area (Å²) in [5.74, 6) is -2.42. The van der Waals surface area contributed by atoms with Gasteiger partial charge in [-0.3, -0.25) is 24.0 Å². The summed E-state index contributed by atoms with van der Waals surface area (Å²) in [6.45, 7) is 7.82. The van der Waals surface area contributed by atoms with E-state index in [1.807, 2.05) is 94.4 Å². The molecule has 0 spiro atoms. The molecule has 0 aromatic heterocycles. The first-order valence-corrected chi connectivity index (χ1v) is 15.9. The number of aryl methyl sites for hydroxylation is 1. The third-order valence-corrected chi connectivity index (χ3v) is 7.34. The lowest BCUT2D eigenvalue weighted by atomic mass is 10.00. The van der Waals surface area contributed by atoms with Gasteiger partial charge in [0.15, 0.2) is 0 Å². The van der Waals surface area contributed by atoms with Crippen LogP contribution >= 0.6 is 11.6 Å². The Balaban J connectivity index is 1.79. The summed E-state index contributed by atoms with van der Waals surface area (Å²) in [6, 6.07) is 19.4. The van der Waals surface area contributed by atoms with Crippen LogP contribution in [0.4, 0.5) is 0 Å². The van der Waals surface area contributed by atoms with Crippen LogP contribution in [0.25, 0.3) is 10.8 Å². The average Bonchev–Trinajstić information content (AvgIpc) is 3.01. The Labute approximate surface area is 275 Å². The van der Waals surface area contributed by atoms with E-state index in [1.165, 1.54) is 0 Å². The highest BCUT2D eigenvalue weighted by atomic mass is 35.5. The van der Waals surface area contributed by atoms with E-state index < -0.39 is 35.3 Å². The summed E-state index contributed by atoms with van der Waals surface area (Å²) in [7, 11) is 0. The minimum Gasteiger partial charge on any atom is -0.355 e. The van der Waals surface area contributed by atoms with Gasteiger partial charge in [0.2, 0.25) is 29.5 Å². The standard InChI is InChI=1S/C35H44ClN5O5/c1-23-9-11-24(12-10-23)22-38-33(45)29(20-25-13-14-26-7-5-6-8-27(26)19-25)40-34(46)28(15-16-31(43)41-35(2,3)4)39-30(42)17-18-37-32(44)21-36/h5-14,19,28-29H,15-18,20-22H2,1-4H3,(H,37,44)(H,38,45)(H,39,42)(H,40,46)(H,41,43)/t28-,29-/m0/s1. The Morgan fingerprint density at radius 1 is 0.717 bits per heavy atom. The Kier molecular flexibility index (Phi) is 13.6. The molecule has 5 amide bonds. The van der Waals surface area contributed by atoms with E-state index in [-0.39, 0.29) is 56.5 Å². The van der Waals surface area contributed by atoms with Gasteiger partial charge in [0.25, 0.3) is 0 Å². The second kappa shape index (κ2) is 17.3. The summed E-state index contributed by atoms with van der Waals surface area (Å²) in [5.41, 5.74) is 2.38. The second-order valence-electron chi connectivity index (χ2n) is 12.3. The molecule has 0 aliphatic heterocycles. The molecule has 3 aromatic carbocycles. The first-order chi connectivity index (χ1) is 21.8. The summed E-state index contributed by atoms with van der Waals surface area (Å²) < 4.78 is 0. The van der Waals surface area contributed by atoms with Crippen LogP contribution in [0.2, 0.25) is 0 Å². The van der Waals surface area contributed by atoms with Crippen molar-refractivity contribution in [3.8, 4) is 0 Å². The summed E-state index contributed by atoms with van der Waals surface area (Å²) in [4.78, 5) is 64.1. The maximum atomic E-state index is 13.7. The van der Waals surface area contributed by atoms with Crippen molar-refractivity contribution in [1.29, 1.82) is 0 Å². The Morgan fingerprint density at radius 2 is 1.39 bits per heavy atom. The molecule has 0 aliphatic rings. The highest BCUT2D eigenvalue weighted by molar-refractivity contribution is 6.27. The largest absolute Gasteiger partial charge is 0.355 e. The quantitative estimate of drug-likeness (QED) is 0.160. The van der Waals surface area contributed by atoms with Crippen molar-refractivity contribution < 1.29 is 24.0 Å². The molecule has 0 radical (unpaired) electrons. The average molecular weight is 650 g/mol. The predicted molar refractivity (Wildman–Crippen MR) is 180 cm³/mol. The van der Waals surface area contributed by atoms with Gasteiger partial charge in [0, 0.05) is 37.9 Å². The molecule has 3 rings (SSSR count). The van der Waals surface area contributed by atoms with Crippen molar-refractivity contribution in [2.24, 2.45) is 0 Å². The minimum absolute atomic E-state index is 0.00120. The molecule has 0 saturated heterocycles. The highest BCUT2D eigenvalue weighted by Crippen LogP contribution is 2.17. The fourth-order valence-corrected chi connectivity index (χ4v) is 4.85.